The van der Waals surface area contributed by atoms with Gasteiger partial charge in [-0.15, -0.1) is 10.2 Å². The fraction of sp³-hybridized carbons (Fsp3) is 0.179. The molecule has 0 aliphatic carbocycles. The molecule has 10 heteroatoms. The molecule has 0 saturated carbocycles. The summed E-state index contributed by atoms with van der Waals surface area (Å²) in [4.78, 5) is 12.3. The highest BCUT2D eigenvalue weighted by Gasteiger charge is 2.34. The van der Waals surface area contributed by atoms with Crippen LogP contribution in [0.25, 0.3) is 5.69 Å². The normalized spacial score (nSPS) is 16.1. The number of ether oxygens (including phenoxy) is 3. The van der Waals surface area contributed by atoms with Gasteiger partial charge in [0.15, 0.2) is 11.5 Å². The van der Waals surface area contributed by atoms with Crippen molar-refractivity contribution < 1.29 is 19.0 Å². The standard InChI is InChI=1S/C28H24N6O4/c1-17-26(18(2)33(31-17)23-7-5-4-6-8-23)30-29-22-12-9-20(10-13-22)27-32-34(19(3)35)28(38-27)21-11-14-24-25(15-21)37-16-36-24/h4-15,28H,16H2,1-3H3. The lowest BCUT2D eigenvalue weighted by Crippen LogP contribution is -2.25. The van der Waals surface area contributed by atoms with Crippen LogP contribution in [0.3, 0.4) is 0 Å². The summed E-state index contributed by atoms with van der Waals surface area (Å²) >= 11 is 0. The second kappa shape index (κ2) is 9.47. The number of hydrogen-bond acceptors (Lipinski definition) is 8. The Morgan fingerprint density at radius 2 is 1.71 bits per heavy atom. The molecule has 2 aliphatic rings. The first-order chi connectivity index (χ1) is 18.5. The number of rotatable bonds is 5. The van der Waals surface area contributed by atoms with Crippen LogP contribution in [0.2, 0.25) is 0 Å². The van der Waals surface area contributed by atoms with Gasteiger partial charge in [0.25, 0.3) is 0 Å². The largest absolute Gasteiger partial charge is 0.454 e. The van der Waals surface area contributed by atoms with Crippen molar-refractivity contribution in [2.75, 3.05) is 6.79 Å². The average Bonchev–Trinajstić information content (AvgIpc) is 3.66. The van der Waals surface area contributed by atoms with Gasteiger partial charge in [-0.1, -0.05) is 18.2 Å². The number of azo groups is 1. The summed E-state index contributed by atoms with van der Waals surface area (Å²) in [6.07, 6.45) is -0.705. The van der Waals surface area contributed by atoms with Crippen LogP contribution in [-0.2, 0) is 9.53 Å². The summed E-state index contributed by atoms with van der Waals surface area (Å²) in [5.74, 6) is 1.36. The minimum Gasteiger partial charge on any atom is -0.454 e. The van der Waals surface area contributed by atoms with Crippen molar-refractivity contribution in [2.45, 2.75) is 27.0 Å². The summed E-state index contributed by atoms with van der Waals surface area (Å²) in [5, 5.41) is 19.2. The van der Waals surface area contributed by atoms with E-state index in [1.807, 2.05) is 79.2 Å². The van der Waals surface area contributed by atoms with Crippen molar-refractivity contribution in [3.8, 4) is 17.2 Å². The highest BCUT2D eigenvalue weighted by molar-refractivity contribution is 5.96. The number of hydrazone groups is 1. The van der Waals surface area contributed by atoms with Crippen LogP contribution in [0.5, 0.6) is 11.5 Å². The minimum atomic E-state index is -0.705. The molecule has 38 heavy (non-hydrogen) atoms. The van der Waals surface area contributed by atoms with E-state index < -0.39 is 6.23 Å². The van der Waals surface area contributed by atoms with Gasteiger partial charge in [0.2, 0.25) is 24.8 Å². The Balaban J connectivity index is 1.21. The zero-order chi connectivity index (χ0) is 26.2. The number of para-hydroxylation sites is 1. The lowest BCUT2D eigenvalue weighted by molar-refractivity contribution is -0.135. The molecule has 0 fully saturated rings. The van der Waals surface area contributed by atoms with E-state index in [-0.39, 0.29) is 12.7 Å². The molecule has 190 valence electrons. The molecule has 10 nitrogen and oxygen atoms in total. The van der Waals surface area contributed by atoms with Gasteiger partial charge in [-0.2, -0.15) is 15.2 Å². The maximum absolute atomic E-state index is 12.3. The number of carbonyl (C=O) groups excluding carboxylic acids is 1. The summed E-state index contributed by atoms with van der Waals surface area (Å²) in [5.41, 5.74) is 5.49. The third kappa shape index (κ3) is 4.26. The Morgan fingerprint density at radius 1 is 0.947 bits per heavy atom. The van der Waals surface area contributed by atoms with Crippen molar-refractivity contribution in [1.29, 1.82) is 0 Å². The molecule has 0 spiro atoms. The van der Waals surface area contributed by atoms with Gasteiger partial charge in [-0.05, 0) is 68.4 Å². The molecular weight excluding hydrogens is 484 g/mol. The highest BCUT2D eigenvalue weighted by atomic mass is 16.7. The summed E-state index contributed by atoms with van der Waals surface area (Å²) in [6.45, 7) is 5.50. The second-order valence-electron chi connectivity index (χ2n) is 8.87. The monoisotopic (exact) mass is 508 g/mol. The number of carbonyl (C=O) groups is 1. The van der Waals surface area contributed by atoms with Crippen LogP contribution in [0, 0.1) is 13.8 Å². The quantitative estimate of drug-likeness (QED) is 0.314. The predicted molar refractivity (Wildman–Crippen MR) is 139 cm³/mol. The van der Waals surface area contributed by atoms with Gasteiger partial charge in [-0.3, -0.25) is 4.79 Å². The Bertz CT molecular complexity index is 1580. The molecular formula is C28H24N6O4. The highest BCUT2D eigenvalue weighted by Crippen LogP contribution is 2.38. The predicted octanol–water partition coefficient (Wildman–Crippen LogP) is 5.87. The molecule has 0 bridgehead atoms. The lowest BCUT2D eigenvalue weighted by atomic mass is 10.1. The lowest BCUT2D eigenvalue weighted by Gasteiger charge is -2.19. The molecule has 1 atom stereocenters. The molecule has 2 aliphatic heterocycles. The number of aryl methyl sites for hydroxylation is 1. The van der Waals surface area contributed by atoms with Crippen LogP contribution in [0.4, 0.5) is 11.4 Å². The van der Waals surface area contributed by atoms with Gasteiger partial charge >= 0.3 is 0 Å². The van der Waals surface area contributed by atoms with Crippen molar-refractivity contribution in [3.63, 3.8) is 0 Å². The zero-order valence-electron chi connectivity index (χ0n) is 21.0. The first kappa shape index (κ1) is 23.4. The molecule has 0 N–H and O–H groups in total. The molecule has 1 aromatic heterocycles. The van der Waals surface area contributed by atoms with Crippen LogP contribution in [0.15, 0.2) is 88.1 Å². The first-order valence-electron chi connectivity index (χ1n) is 12.1. The molecule has 4 aromatic rings. The zero-order valence-corrected chi connectivity index (χ0v) is 21.0. The molecule has 0 saturated heterocycles. The van der Waals surface area contributed by atoms with Crippen molar-refractivity contribution in [1.82, 2.24) is 14.8 Å². The summed E-state index contributed by atoms with van der Waals surface area (Å²) in [6, 6.07) is 22.6. The topological polar surface area (TPSA) is 103 Å². The molecule has 0 radical (unpaired) electrons. The van der Waals surface area contributed by atoms with Crippen molar-refractivity contribution in [2.24, 2.45) is 15.3 Å². The SMILES string of the molecule is CC(=O)N1N=C(c2ccc(N=Nc3c(C)nn(-c4ccccc4)c3C)cc2)OC1c1ccc2c(c1)OCO2. The summed E-state index contributed by atoms with van der Waals surface area (Å²) < 4.78 is 18.8. The Labute approximate surface area is 218 Å². The van der Waals surface area contributed by atoms with Crippen LogP contribution < -0.4 is 9.47 Å². The Morgan fingerprint density at radius 3 is 2.47 bits per heavy atom. The number of amides is 1. The van der Waals surface area contributed by atoms with Gasteiger partial charge < -0.3 is 14.2 Å². The third-order valence-electron chi connectivity index (χ3n) is 6.28. The first-order valence-corrected chi connectivity index (χ1v) is 12.1. The Hall–Kier alpha value is -4.99. The van der Waals surface area contributed by atoms with Gasteiger partial charge in [-0.25, -0.2) is 4.68 Å². The smallest absolute Gasteiger partial charge is 0.243 e. The van der Waals surface area contributed by atoms with Crippen molar-refractivity contribution in [3.05, 3.63) is 95.3 Å². The van der Waals surface area contributed by atoms with E-state index in [4.69, 9.17) is 14.2 Å². The van der Waals surface area contributed by atoms with Gasteiger partial charge in [0.1, 0.15) is 5.69 Å². The maximum Gasteiger partial charge on any atom is 0.243 e. The summed E-state index contributed by atoms with van der Waals surface area (Å²) in [7, 11) is 0. The Kier molecular flexibility index (Phi) is 5.83. The molecule has 6 rings (SSSR count). The number of nitrogens with zero attached hydrogens (tertiary/aromatic N) is 6. The number of benzene rings is 3. The number of aromatic nitrogens is 2. The minimum absolute atomic E-state index is 0.167. The van der Waals surface area contributed by atoms with Crippen LogP contribution in [-0.4, -0.2) is 33.4 Å². The average molecular weight is 509 g/mol. The molecule has 3 aromatic carbocycles. The van der Waals surface area contributed by atoms with E-state index >= 15 is 0 Å². The molecule has 3 heterocycles. The number of fused-ring (bicyclic) bond motifs is 1. The van der Waals surface area contributed by atoms with E-state index in [0.29, 0.717) is 28.6 Å². The fourth-order valence-corrected chi connectivity index (χ4v) is 4.34. The van der Waals surface area contributed by atoms with E-state index in [1.54, 1.807) is 12.1 Å². The van der Waals surface area contributed by atoms with E-state index in [2.05, 4.69) is 20.4 Å². The van der Waals surface area contributed by atoms with Gasteiger partial charge in [0.05, 0.1) is 22.8 Å². The van der Waals surface area contributed by atoms with Crippen LogP contribution >= 0.6 is 0 Å². The maximum atomic E-state index is 12.3. The van der Waals surface area contributed by atoms with E-state index in [1.165, 1.54) is 11.9 Å². The van der Waals surface area contributed by atoms with E-state index in [9.17, 15) is 4.79 Å². The van der Waals surface area contributed by atoms with Crippen molar-refractivity contribution >= 4 is 23.2 Å². The third-order valence-corrected chi connectivity index (χ3v) is 6.28. The van der Waals surface area contributed by atoms with Crippen LogP contribution in [0.1, 0.15) is 35.7 Å². The fourth-order valence-electron chi connectivity index (χ4n) is 4.34. The van der Waals surface area contributed by atoms with Gasteiger partial charge in [0, 0.05) is 18.1 Å². The van der Waals surface area contributed by atoms with E-state index in [0.717, 1.165) is 28.3 Å². The second-order valence-corrected chi connectivity index (χ2v) is 8.87. The molecule has 1 unspecified atom stereocenters. The molecule has 1 amide bonds. The number of hydrogen-bond donors (Lipinski definition) is 0.